The molecule has 1 heterocycles. The molecule has 1 rings (SSSR count). The number of anilines is 1. The third-order valence-electron chi connectivity index (χ3n) is 1.48. The van der Waals surface area contributed by atoms with E-state index in [0.29, 0.717) is 5.69 Å². The fourth-order valence-corrected chi connectivity index (χ4v) is 1.43. The molecule has 4 nitrogen and oxygen atoms in total. The molecule has 0 spiro atoms. The van der Waals surface area contributed by atoms with E-state index in [4.69, 9.17) is 0 Å². The third-order valence-corrected chi connectivity index (χ3v) is 2.36. The highest BCUT2D eigenvalue weighted by Crippen LogP contribution is 2.20. The van der Waals surface area contributed by atoms with Crippen LogP contribution in [0.2, 0.25) is 0 Å². The zero-order chi connectivity index (χ0) is 11.6. The molecule has 16 heavy (non-hydrogen) atoms. The van der Waals surface area contributed by atoms with Crippen molar-refractivity contribution in [3.8, 4) is 0 Å². The van der Waals surface area contributed by atoms with Crippen molar-refractivity contribution in [3.63, 3.8) is 0 Å². The SMILES string of the molecule is Cc1csc(NC(=O)C(N)C(F)(F)F)n1.Cl. The van der Waals surface area contributed by atoms with Gasteiger partial charge in [-0.05, 0) is 6.92 Å². The predicted octanol–water partition coefficient (Wildman–Crippen LogP) is 1.70. The maximum absolute atomic E-state index is 12.0. The zero-order valence-corrected chi connectivity index (χ0v) is 9.67. The van der Waals surface area contributed by atoms with Gasteiger partial charge < -0.3 is 11.1 Å². The molecule has 0 fully saturated rings. The molecule has 1 aromatic rings. The Bertz CT molecular complexity index is 368. The normalized spacial score (nSPS) is 12.8. The van der Waals surface area contributed by atoms with Crippen LogP contribution in [0.4, 0.5) is 18.3 Å². The second-order valence-corrected chi connectivity index (χ2v) is 3.66. The van der Waals surface area contributed by atoms with Crippen LogP contribution in [0.5, 0.6) is 0 Å². The summed E-state index contributed by atoms with van der Waals surface area (Å²) in [4.78, 5) is 14.8. The summed E-state index contributed by atoms with van der Waals surface area (Å²) in [6, 6.07) is -2.53. The summed E-state index contributed by atoms with van der Waals surface area (Å²) in [6.45, 7) is 1.66. The number of rotatable bonds is 2. The lowest BCUT2D eigenvalue weighted by molar-refractivity contribution is -0.159. The van der Waals surface area contributed by atoms with E-state index in [9.17, 15) is 18.0 Å². The van der Waals surface area contributed by atoms with Gasteiger partial charge >= 0.3 is 6.18 Å². The monoisotopic (exact) mass is 275 g/mol. The number of aryl methyl sites for hydroxylation is 1. The summed E-state index contributed by atoms with van der Waals surface area (Å²) in [5, 5.41) is 3.71. The average molecular weight is 276 g/mol. The Hall–Kier alpha value is -0.860. The molecule has 92 valence electrons. The summed E-state index contributed by atoms with van der Waals surface area (Å²) >= 11 is 1.04. The Labute approximate surface area is 99.5 Å². The maximum Gasteiger partial charge on any atom is 0.412 e. The van der Waals surface area contributed by atoms with Crippen molar-refractivity contribution in [2.75, 3.05) is 5.32 Å². The number of aromatic nitrogens is 1. The topological polar surface area (TPSA) is 68.0 Å². The molecule has 3 N–H and O–H groups in total. The third kappa shape index (κ3) is 3.95. The predicted molar refractivity (Wildman–Crippen MR) is 56.8 cm³/mol. The van der Waals surface area contributed by atoms with Crippen molar-refractivity contribution in [1.82, 2.24) is 4.98 Å². The van der Waals surface area contributed by atoms with Crippen molar-refractivity contribution >= 4 is 34.8 Å². The molecule has 9 heteroatoms. The van der Waals surface area contributed by atoms with Crippen LogP contribution in [0.1, 0.15) is 5.69 Å². The fraction of sp³-hybridized carbons (Fsp3) is 0.429. The van der Waals surface area contributed by atoms with E-state index in [2.05, 4.69) is 10.7 Å². The molecule has 1 unspecified atom stereocenters. The molecule has 0 aromatic carbocycles. The smallest absolute Gasteiger partial charge is 0.312 e. The second-order valence-electron chi connectivity index (χ2n) is 2.80. The van der Waals surface area contributed by atoms with Gasteiger partial charge in [-0.3, -0.25) is 4.79 Å². The molecular weight excluding hydrogens is 267 g/mol. The summed E-state index contributed by atoms with van der Waals surface area (Å²) in [6.07, 6.45) is -4.74. The highest BCUT2D eigenvalue weighted by molar-refractivity contribution is 7.13. The van der Waals surface area contributed by atoms with Gasteiger partial charge in [0.25, 0.3) is 5.91 Å². The Morgan fingerprint density at radius 3 is 2.56 bits per heavy atom. The quantitative estimate of drug-likeness (QED) is 0.863. The Balaban J connectivity index is 0.00000225. The van der Waals surface area contributed by atoms with Gasteiger partial charge in [0.1, 0.15) is 0 Å². The van der Waals surface area contributed by atoms with E-state index in [1.807, 2.05) is 5.32 Å². The van der Waals surface area contributed by atoms with Gasteiger partial charge in [0, 0.05) is 5.38 Å². The number of thiazole rings is 1. The molecule has 0 aliphatic rings. The van der Waals surface area contributed by atoms with Crippen LogP contribution < -0.4 is 11.1 Å². The lowest BCUT2D eigenvalue weighted by Crippen LogP contribution is -2.47. The van der Waals surface area contributed by atoms with E-state index >= 15 is 0 Å². The van der Waals surface area contributed by atoms with Crippen LogP contribution in [-0.4, -0.2) is 23.1 Å². The lowest BCUT2D eigenvalue weighted by atomic mass is 10.3. The molecule has 1 amide bonds. The van der Waals surface area contributed by atoms with E-state index in [1.165, 1.54) is 0 Å². The highest BCUT2D eigenvalue weighted by Gasteiger charge is 2.42. The number of carbonyl (C=O) groups excluding carboxylic acids is 1. The van der Waals surface area contributed by atoms with Gasteiger partial charge in [-0.1, -0.05) is 0 Å². The minimum Gasteiger partial charge on any atom is -0.312 e. The number of amides is 1. The standard InChI is InChI=1S/C7H8F3N3OS.ClH/c1-3-2-15-6(12-3)13-5(14)4(11)7(8,9)10;/h2,4H,11H2,1H3,(H,12,13,14);1H. The number of nitrogens with two attached hydrogens (primary N) is 1. The van der Waals surface area contributed by atoms with E-state index in [-0.39, 0.29) is 17.5 Å². The van der Waals surface area contributed by atoms with Gasteiger partial charge in [0.05, 0.1) is 5.69 Å². The number of carbonyl (C=O) groups is 1. The van der Waals surface area contributed by atoms with Crippen LogP contribution in [-0.2, 0) is 4.79 Å². The first-order valence-corrected chi connectivity index (χ1v) is 4.74. The lowest BCUT2D eigenvalue weighted by Gasteiger charge is -2.13. The number of nitrogens with zero attached hydrogens (tertiary/aromatic N) is 1. The minimum absolute atomic E-state index is 0. The Morgan fingerprint density at radius 1 is 1.62 bits per heavy atom. The molecule has 0 saturated heterocycles. The second kappa shape index (κ2) is 5.46. The van der Waals surface area contributed by atoms with Crippen molar-refractivity contribution < 1.29 is 18.0 Å². The average Bonchev–Trinajstić information content (AvgIpc) is 2.48. The number of alkyl halides is 3. The highest BCUT2D eigenvalue weighted by atomic mass is 35.5. The first-order valence-electron chi connectivity index (χ1n) is 3.86. The first-order chi connectivity index (χ1) is 6.80. The van der Waals surface area contributed by atoms with Gasteiger partial charge in [-0.2, -0.15) is 13.2 Å². The Kier molecular flexibility index (Phi) is 5.17. The van der Waals surface area contributed by atoms with Crippen LogP contribution in [0.25, 0.3) is 0 Å². The Morgan fingerprint density at radius 2 is 2.19 bits per heavy atom. The van der Waals surface area contributed by atoms with Crippen molar-refractivity contribution in [2.24, 2.45) is 5.73 Å². The molecule has 0 bridgehead atoms. The van der Waals surface area contributed by atoms with Crippen LogP contribution in [0.3, 0.4) is 0 Å². The summed E-state index contributed by atoms with van der Waals surface area (Å²) < 4.78 is 36.0. The zero-order valence-electron chi connectivity index (χ0n) is 8.04. The number of halogens is 4. The van der Waals surface area contributed by atoms with Crippen molar-refractivity contribution in [1.29, 1.82) is 0 Å². The summed E-state index contributed by atoms with van der Waals surface area (Å²) in [7, 11) is 0. The first kappa shape index (κ1) is 15.1. The van der Waals surface area contributed by atoms with E-state index in [1.54, 1.807) is 12.3 Å². The van der Waals surface area contributed by atoms with Crippen LogP contribution >= 0.6 is 23.7 Å². The molecular formula is C7H9ClF3N3OS. The summed E-state index contributed by atoms with van der Waals surface area (Å²) in [5.41, 5.74) is 5.31. The van der Waals surface area contributed by atoms with E-state index in [0.717, 1.165) is 11.3 Å². The largest absolute Gasteiger partial charge is 0.412 e. The van der Waals surface area contributed by atoms with Crippen LogP contribution in [0.15, 0.2) is 5.38 Å². The van der Waals surface area contributed by atoms with E-state index < -0.39 is 18.1 Å². The van der Waals surface area contributed by atoms with Crippen LogP contribution in [0, 0.1) is 6.92 Å². The molecule has 0 aliphatic carbocycles. The summed E-state index contributed by atoms with van der Waals surface area (Å²) in [5.74, 6) is -1.31. The maximum atomic E-state index is 12.0. The minimum atomic E-state index is -4.74. The molecule has 1 aromatic heterocycles. The van der Waals surface area contributed by atoms with Gasteiger partial charge in [-0.25, -0.2) is 4.98 Å². The molecule has 0 radical (unpaired) electrons. The molecule has 0 aliphatic heterocycles. The fourth-order valence-electron chi connectivity index (χ4n) is 0.743. The van der Waals surface area contributed by atoms with Gasteiger partial charge in [0.2, 0.25) is 0 Å². The number of nitrogens with one attached hydrogen (secondary N) is 1. The molecule has 0 saturated carbocycles. The number of hydrogen-bond acceptors (Lipinski definition) is 4. The van der Waals surface area contributed by atoms with Gasteiger partial charge in [0.15, 0.2) is 11.2 Å². The van der Waals surface area contributed by atoms with Gasteiger partial charge in [-0.15, -0.1) is 23.7 Å². The van der Waals surface area contributed by atoms with Crippen molar-refractivity contribution in [2.45, 2.75) is 19.1 Å². The van der Waals surface area contributed by atoms with Crippen molar-refractivity contribution in [3.05, 3.63) is 11.1 Å². The number of hydrogen-bond donors (Lipinski definition) is 2. The molecule has 1 atom stereocenters.